The van der Waals surface area contributed by atoms with Gasteiger partial charge < -0.3 is 14.8 Å². The molecule has 1 atom stereocenters. The molecule has 1 N–H and O–H groups in total. The van der Waals surface area contributed by atoms with Crippen LogP contribution in [0, 0.1) is 22.2 Å². The van der Waals surface area contributed by atoms with Crippen molar-refractivity contribution in [3.8, 4) is 6.07 Å². The summed E-state index contributed by atoms with van der Waals surface area (Å²) < 4.78 is 52.3. The molecule has 1 unspecified atom stereocenters. The highest BCUT2D eigenvalue weighted by Crippen LogP contribution is 2.51. The van der Waals surface area contributed by atoms with Crippen molar-refractivity contribution < 1.29 is 22.6 Å². The van der Waals surface area contributed by atoms with Gasteiger partial charge >= 0.3 is 6.18 Å². The number of hydrogen-bond donors (Lipinski definition) is 1. The molecule has 7 heteroatoms. The van der Waals surface area contributed by atoms with Crippen molar-refractivity contribution in [3.63, 3.8) is 0 Å². The van der Waals surface area contributed by atoms with E-state index in [1.807, 2.05) is 13.8 Å². The zero-order valence-electron chi connectivity index (χ0n) is 16.7. The fourth-order valence-corrected chi connectivity index (χ4v) is 4.13. The summed E-state index contributed by atoms with van der Waals surface area (Å²) in [5, 5.41) is 12.2. The molecule has 28 heavy (non-hydrogen) atoms. The lowest BCUT2D eigenvalue weighted by molar-refractivity contribution is -0.354. The SMILES string of the molecule is CC1(C)COC2(CCCC(Nc3ccc(C#N)c(C(F)(F)F)c3)C2(C)C)OC1. The van der Waals surface area contributed by atoms with Gasteiger partial charge in [0.05, 0.1) is 30.4 Å². The fourth-order valence-electron chi connectivity index (χ4n) is 4.13. The topological polar surface area (TPSA) is 54.3 Å². The minimum absolute atomic E-state index is 0.0591. The molecule has 1 saturated carbocycles. The molecule has 4 nitrogen and oxygen atoms in total. The van der Waals surface area contributed by atoms with Gasteiger partial charge in [0.25, 0.3) is 0 Å². The van der Waals surface area contributed by atoms with Crippen LogP contribution in [0.3, 0.4) is 0 Å². The number of anilines is 1. The van der Waals surface area contributed by atoms with Gasteiger partial charge in [-0.25, -0.2) is 0 Å². The zero-order chi connectivity index (χ0) is 20.8. The molecule has 2 aliphatic rings. The van der Waals surface area contributed by atoms with Crippen LogP contribution < -0.4 is 5.32 Å². The molecule has 0 amide bonds. The number of alkyl halides is 3. The van der Waals surface area contributed by atoms with Crippen LogP contribution in [0.4, 0.5) is 18.9 Å². The lowest BCUT2D eigenvalue weighted by Gasteiger charge is -2.56. The van der Waals surface area contributed by atoms with E-state index in [0.717, 1.165) is 25.3 Å². The Balaban J connectivity index is 1.86. The summed E-state index contributed by atoms with van der Waals surface area (Å²) in [6.07, 6.45) is -2.17. The molecule has 2 fully saturated rings. The number of ether oxygens (including phenoxy) is 2. The average molecular weight is 396 g/mol. The number of hydrogen-bond acceptors (Lipinski definition) is 4. The molecule has 1 heterocycles. The van der Waals surface area contributed by atoms with E-state index >= 15 is 0 Å². The second-order valence-corrected chi connectivity index (χ2v) is 9.18. The predicted molar refractivity (Wildman–Crippen MR) is 99.6 cm³/mol. The van der Waals surface area contributed by atoms with E-state index in [2.05, 4.69) is 19.2 Å². The third-order valence-corrected chi connectivity index (χ3v) is 6.03. The molecule has 1 aromatic rings. The molecule has 3 rings (SSSR count). The largest absolute Gasteiger partial charge is 0.417 e. The van der Waals surface area contributed by atoms with Crippen molar-refractivity contribution in [2.75, 3.05) is 18.5 Å². The zero-order valence-corrected chi connectivity index (χ0v) is 16.7. The maximum absolute atomic E-state index is 13.3. The third-order valence-electron chi connectivity index (χ3n) is 6.03. The first-order valence-electron chi connectivity index (χ1n) is 9.56. The second-order valence-electron chi connectivity index (χ2n) is 9.18. The Labute approximate surface area is 164 Å². The average Bonchev–Trinajstić information content (AvgIpc) is 2.60. The molecule has 0 aromatic heterocycles. The van der Waals surface area contributed by atoms with Gasteiger partial charge in [-0.3, -0.25) is 0 Å². The first-order chi connectivity index (χ1) is 12.9. The summed E-state index contributed by atoms with van der Waals surface area (Å²) in [7, 11) is 0. The van der Waals surface area contributed by atoms with Crippen LogP contribution in [0.2, 0.25) is 0 Å². The highest BCUT2D eigenvalue weighted by molar-refractivity contribution is 5.54. The van der Waals surface area contributed by atoms with Gasteiger partial charge in [-0.15, -0.1) is 0 Å². The Morgan fingerprint density at radius 1 is 1.14 bits per heavy atom. The minimum Gasteiger partial charge on any atom is -0.382 e. The van der Waals surface area contributed by atoms with Crippen LogP contribution in [0.5, 0.6) is 0 Å². The van der Waals surface area contributed by atoms with Crippen LogP contribution in [-0.2, 0) is 15.7 Å². The molecule has 1 aliphatic carbocycles. The molecule has 0 radical (unpaired) electrons. The smallest absolute Gasteiger partial charge is 0.382 e. The van der Waals surface area contributed by atoms with Gasteiger partial charge in [-0.1, -0.05) is 27.7 Å². The van der Waals surface area contributed by atoms with Gasteiger partial charge in [0.1, 0.15) is 0 Å². The minimum atomic E-state index is -4.58. The van der Waals surface area contributed by atoms with E-state index in [4.69, 9.17) is 14.7 Å². The molecular formula is C21H27F3N2O2. The standard InChI is InChI=1S/C21H27F3N2O2/c1-18(2)12-27-20(28-13-18)9-5-6-17(19(20,3)4)26-15-8-7-14(11-25)16(10-15)21(22,23)24/h7-8,10,17,26H,5-6,9,12-13H2,1-4H3. The van der Waals surface area contributed by atoms with E-state index in [-0.39, 0.29) is 17.0 Å². The Bertz CT molecular complexity index is 771. The molecule has 1 saturated heterocycles. The highest BCUT2D eigenvalue weighted by atomic mass is 19.4. The van der Waals surface area contributed by atoms with Gasteiger partial charge in [-0.2, -0.15) is 18.4 Å². The van der Waals surface area contributed by atoms with Gasteiger partial charge in [0.2, 0.25) is 0 Å². The first kappa shape index (κ1) is 20.9. The quantitative estimate of drug-likeness (QED) is 0.733. The van der Waals surface area contributed by atoms with Crippen LogP contribution >= 0.6 is 0 Å². The Kier molecular flexibility index (Phi) is 5.18. The summed E-state index contributed by atoms with van der Waals surface area (Å²) >= 11 is 0. The molecular weight excluding hydrogens is 369 g/mol. The Morgan fingerprint density at radius 3 is 2.36 bits per heavy atom. The van der Waals surface area contributed by atoms with Crippen molar-refractivity contribution >= 4 is 5.69 Å². The van der Waals surface area contributed by atoms with Crippen LogP contribution in [-0.4, -0.2) is 25.0 Å². The van der Waals surface area contributed by atoms with Crippen molar-refractivity contribution in [2.24, 2.45) is 10.8 Å². The lowest BCUT2D eigenvalue weighted by atomic mass is 9.67. The summed E-state index contributed by atoms with van der Waals surface area (Å²) in [5.74, 6) is -0.752. The van der Waals surface area contributed by atoms with Crippen molar-refractivity contribution in [1.82, 2.24) is 0 Å². The monoisotopic (exact) mass is 396 g/mol. The molecule has 154 valence electrons. The first-order valence-corrected chi connectivity index (χ1v) is 9.56. The van der Waals surface area contributed by atoms with E-state index in [1.54, 1.807) is 6.07 Å². The van der Waals surface area contributed by atoms with Crippen LogP contribution in [0.15, 0.2) is 18.2 Å². The van der Waals surface area contributed by atoms with E-state index in [9.17, 15) is 13.2 Å². The highest BCUT2D eigenvalue weighted by Gasteiger charge is 2.56. The maximum Gasteiger partial charge on any atom is 0.417 e. The van der Waals surface area contributed by atoms with Gasteiger partial charge in [0, 0.05) is 29.0 Å². The summed E-state index contributed by atoms with van der Waals surface area (Å²) in [5.41, 5.74) is -1.46. The number of rotatable bonds is 2. The Morgan fingerprint density at radius 2 is 1.79 bits per heavy atom. The lowest BCUT2D eigenvalue weighted by Crippen LogP contribution is -2.63. The number of halogens is 3. The number of nitriles is 1. The van der Waals surface area contributed by atoms with Gasteiger partial charge in [-0.05, 0) is 31.0 Å². The summed E-state index contributed by atoms with van der Waals surface area (Å²) in [4.78, 5) is 0. The van der Waals surface area contributed by atoms with Crippen LogP contribution in [0.25, 0.3) is 0 Å². The third kappa shape index (κ3) is 3.72. The second kappa shape index (κ2) is 6.93. The molecule has 1 aliphatic heterocycles. The van der Waals surface area contributed by atoms with Crippen molar-refractivity contribution in [2.45, 2.75) is 65.0 Å². The summed E-state index contributed by atoms with van der Waals surface area (Å²) in [6.45, 7) is 9.41. The molecule has 1 spiro atoms. The van der Waals surface area contributed by atoms with E-state index in [0.29, 0.717) is 18.9 Å². The van der Waals surface area contributed by atoms with Crippen molar-refractivity contribution in [3.05, 3.63) is 29.3 Å². The maximum atomic E-state index is 13.3. The van der Waals surface area contributed by atoms with Crippen LogP contribution in [0.1, 0.15) is 58.1 Å². The number of nitrogens with zero attached hydrogens (tertiary/aromatic N) is 1. The molecule has 0 bridgehead atoms. The summed E-state index contributed by atoms with van der Waals surface area (Å²) in [6, 6.07) is 5.24. The van der Waals surface area contributed by atoms with E-state index < -0.39 is 22.9 Å². The number of nitrogens with one attached hydrogen (secondary N) is 1. The number of benzene rings is 1. The molecule has 1 aromatic carbocycles. The fraction of sp³-hybridized carbons (Fsp3) is 0.667. The normalized spacial score (nSPS) is 25.9. The van der Waals surface area contributed by atoms with Gasteiger partial charge in [0.15, 0.2) is 5.79 Å². The Hall–Kier alpha value is -1.78. The van der Waals surface area contributed by atoms with Crippen molar-refractivity contribution in [1.29, 1.82) is 5.26 Å². The van der Waals surface area contributed by atoms with E-state index in [1.165, 1.54) is 12.1 Å². The predicted octanol–water partition coefficient (Wildman–Crippen LogP) is 5.34.